The molecule has 1 saturated heterocycles. The van der Waals surface area contributed by atoms with Gasteiger partial charge in [0.25, 0.3) is 0 Å². The summed E-state index contributed by atoms with van der Waals surface area (Å²) in [4.78, 5) is 14.4. The Balaban J connectivity index is 1.68. The predicted octanol–water partition coefficient (Wildman–Crippen LogP) is 1.70. The topological polar surface area (TPSA) is 38.8 Å². The molecule has 0 N–H and O–H groups in total. The lowest BCUT2D eigenvalue weighted by atomic mass is 10.1. The molecule has 0 bridgehead atoms. The Kier molecular flexibility index (Phi) is 3.86. The van der Waals surface area contributed by atoms with Crippen LogP contribution >= 0.6 is 11.3 Å². The minimum absolute atomic E-state index is 0.0603. The van der Waals surface area contributed by atoms with Crippen LogP contribution in [0.2, 0.25) is 0 Å². The summed E-state index contributed by atoms with van der Waals surface area (Å²) in [6.45, 7) is 1.33. The molecule has 0 radical (unpaired) electrons. The van der Waals surface area contributed by atoms with E-state index >= 15 is 0 Å². The van der Waals surface area contributed by atoms with E-state index in [4.69, 9.17) is 9.47 Å². The number of methoxy groups -OCH3 is 1. The fraction of sp³-hybridized carbons (Fsp3) is 0.643. The van der Waals surface area contributed by atoms with Crippen molar-refractivity contribution in [1.29, 1.82) is 0 Å². The van der Waals surface area contributed by atoms with E-state index in [1.54, 1.807) is 18.4 Å². The first-order valence-electron chi connectivity index (χ1n) is 6.74. The minimum atomic E-state index is 0.0603. The van der Waals surface area contributed by atoms with Gasteiger partial charge in [-0.05, 0) is 35.2 Å². The summed E-state index contributed by atoms with van der Waals surface area (Å²) in [5.74, 6) is 0.216. The van der Waals surface area contributed by atoms with Crippen molar-refractivity contribution in [3.8, 4) is 0 Å². The molecule has 2 aliphatic rings. The lowest BCUT2D eigenvalue weighted by Gasteiger charge is -2.39. The Morgan fingerprint density at radius 1 is 1.58 bits per heavy atom. The van der Waals surface area contributed by atoms with Gasteiger partial charge in [-0.2, -0.15) is 11.3 Å². The minimum Gasteiger partial charge on any atom is -0.379 e. The zero-order valence-corrected chi connectivity index (χ0v) is 11.9. The number of amides is 1. The van der Waals surface area contributed by atoms with Gasteiger partial charge in [-0.1, -0.05) is 0 Å². The van der Waals surface area contributed by atoms with Crippen LogP contribution in [0.1, 0.15) is 18.4 Å². The smallest absolute Gasteiger partial charge is 0.227 e. The highest BCUT2D eigenvalue weighted by Crippen LogP contribution is 2.32. The van der Waals surface area contributed by atoms with E-state index in [-0.39, 0.29) is 24.2 Å². The van der Waals surface area contributed by atoms with Crippen molar-refractivity contribution in [3.05, 3.63) is 22.4 Å². The predicted molar refractivity (Wildman–Crippen MR) is 73.3 cm³/mol. The summed E-state index contributed by atoms with van der Waals surface area (Å²) < 4.78 is 11.3. The third-order valence-corrected chi connectivity index (χ3v) is 4.83. The van der Waals surface area contributed by atoms with Gasteiger partial charge in [0.05, 0.1) is 25.2 Å². The van der Waals surface area contributed by atoms with Crippen molar-refractivity contribution >= 4 is 17.2 Å². The molecule has 1 aliphatic carbocycles. The average molecular weight is 281 g/mol. The molecule has 19 heavy (non-hydrogen) atoms. The van der Waals surface area contributed by atoms with Crippen LogP contribution in [0.15, 0.2) is 16.8 Å². The third kappa shape index (κ3) is 2.55. The zero-order chi connectivity index (χ0) is 13.2. The van der Waals surface area contributed by atoms with E-state index in [2.05, 4.69) is 0 Å². The molecule has 0 spiro atoms. The van der Waals surface area contributed by atoms with Gasteiger partial charge >= 0.3 is 0 Å². The molecule has 3 atom stereocenters. The van der Waals surface area contributed by atoms with E-state index in [1.165, 1.54) is 0 Å². The van der Waals surface area contributed by atoms with E-state index < -0.39 is 0 Å². The molecule has 1 aromatic heterocycles. The highest BCUT2D eigenvalue weighted by molar-refractivity contribution is 7.07. The summed E-state index contributed by atoms with van der Waals surface area (Å²) in [6, 6.07) is 2.22. The molecular weight excluding hydrogens is 262 g/mol. The molecule has 4 nitrogen and oxygen atoms in total. The van der Waals surface area contributed by atoms with Crippen LogP contribution in [0, 0.1) is 0 Å². The Hall–Kier alpha value is -0.910. The molecule has 0 aromatic carbocycles. The van der Waals surface area contributed by atoms with Crippen LogP contribution in [-0.2, 0) is 20.7 Å². The Bertz CT molecular complexity index is 434. The van der Waals surface area contributed by atoms with Gasteiger partial charge in [-0.3, -0.25) is 4.79 Å². The largest absolute Gasteiger partial charge is 0.379 e. The van der Waals surface area contributed by atoms with Gasteiger partial charge in [0.1, 0.15) is 6.10 Å². The van der Waals surface area contributed by atoms with Crippen LogP contribution in [0.4, 0.5) is 0 Å². The summed E-state index contributed by atoms with van der Waals surface area (Å²) in [5, 5.41) is 4.06. The van der Waals surface area contributed by atoms with Gasteiger partial charge in [0, 0.05) is 13.7 Å². The Labute approximate surface area is 117 Å². The fourth-order valence-corrected chi connectivity index (χ4v) is 3.82. The van der Waals surface area contributed by atoms with Gasteiger partial charge in [-0.25, -0.2) is 0 Å². The number of hydrogen-bond donors (Lipinski definition) is 0. The fourth-order valence-electron chi connectivity index (χ4n) is 3.15. The summed E-state index contributed by atoms with van der Waals surface area (Å²) in [6.07, 6.45) is 2.67. The molecule has 5 heteroatoms. The number of fused-ring (bicyclic) bond motifs is 1. The van der Waals surface area contributed by atoms with E-state index in [0.29, 0.717) is 19.6 Å². The van der Waals surface area contributed by atoms with Crippen LogP contribution in [0.25, 0.3) is 0 Å². The number of carbonyl (C=O) groups excluding carboxylic acids is 1. The highest BCUT2D eigenvalue weighted by Gasteiger charge is 2.44. The molecule has 1 aliphatic heterocycles. The monoisotopic (exact) mass is 281 g/mol. The van der Waals surface area contributed by atoms with Gasteiger partial charge in [0.2, 0.25) is 5.91 Å². The molecule has 1 aromatic rings. The maximum Gasteiger partial charge on any atom is 0.227 e. The second-order valence-electron chi connectivity index (χ2n) is 5.15. The average Bonchev–Trinajstić information content (AvgIpc) is 3.06. The van der Waals surface area contributed by atoms with Gasteiger partial charge in [0.15, 0.2) is 0 Å². The number of hydrogen-bond acceptors (Lipinski definition) is 4. The summed E-state index contributed by atoms with van der Waals surface area (Å²) >= 11 is 1.64. The van der Waals surface area contributed by atoms with Crippen molar-refractivity contribution in [2.24, 2.45) is 0 Å². The number of ether oxygens (including phenoxy) is 2. The van der Waals surface area contributed by atoms with Crippen LogP contribution in [-0.4, -0.2) is 49.3 Å². The number of thiophene rings is 1. The second-order valence-corrected chi connectivity index (χ2v) is 5.93. The highest BCUT2D eigenvalue weighted by atomic mass is 32.1. The van der Waals surface area contributed by atoms with E-state index in [1.807, 2.05) is 21.7 Å². The molecule has 1 saturated carbocycles. The van der Waals surface area contributed by atoms with Crippen molar-refractivity contribution in [2.75, 3.05) is 20.3 Å². The zero-order valence-electron chi connectivity index (χ0n) is 11.1. The van der Waals surface area contributed by atoms with Crippen LogP contribution < -0.4 is 0 Å². The normalized spacial score (nSPS) is 30.4. The summed E-state index contributed by atoms with van der Waals surface area (Å²) in [7, 11) is 1.72. The van der Waals surface area contributed by atoms with Crippen molar-refractivity contribution in [3.63, 3.8) is 0 Å². The number of rotatable bonds is 3. The van der Waals surface area contributed by atoms with E-state index in [0.717, 1.165) is 18.4 Å². The quantitative estimate of drug-likeness (QED) is 0.846. The maximum absolute atomic E-state index is 12.4. The first-order chi connectivity index (χ1) is 9.29. The first-order valence-corrected chi connectivity index (χ1v) is 7.69. The van der Waals surface area contributed by atoms with Crippen molar-refractivity contribution < 1.29 is 14.3 Å². The standard InChI is InChI=1S/C14H19NO3S/c1-17-12-3-2-11-14(12)18-6-5-15(11)13(16)8-10-4-7-19-9-10/h4,7,9,11-12,14H,2-3,5-6,8H2,1H3/t11-,12-,14+/m1/s1. The number of nitrogens with zero attached hydrogens (tertiary/aromatic N) is 1. The SMILES string of the molecule is CO[C@@H]1CC[C@@H]2[C@@H]1OCCN2C(=O)Cc1ccsc1. The Morgan fingerprint density at radius 2 is 2.47 bits per heavy atom. The van der Waals surface area contributed by atoms with Gasteiger partial charge < -0.3 is 14.4 Å². The van der Waals surface area contributed by atoms with Crippen LogP contribution in [0.3, 0.4) is 0 Å². The molecule has 2 fully saturated rings. The third-order valence-electron chi connectivity index (χ3n) is 4.09. The summed E-state index contributed by atoms with van der Waals surface area (Å²) in [5.41, 5.74) is 1.11. The molecule has 2 heterocycles. The number of morpholine rings is 1. The van der Waals surface area contributed by atoms with E-state index in [9.17, 15) is 4.79 Å². The number of carbonyl (C=O) groups is 1. The van der Waals surface area contributed by atoms with Crippen molar-refractivity contribution in [1.82, 2.24) is 4.90 Å². The molecule has 1 amide bonds. The van der Waals surface area contributed by atoms with Crippen LogP contribution in [0.5, 0.6) is 0 Å². The lowest BCUT2D eigenvalue weighted by Crippen LogP contribution is -2.54. The second kappa shape index (κ2) is 5.61. The molecule has 3 rings (SSSR count). The first kappa shape index (κ1) is 13.1. The molecule has 104 valence electrons. The molecule has 0 unspecified atom stereocenters. The maximum atomic E-state index is 12.4. The lowest BCUT2D eigenvalue weighted by molar-refractivity contribution is -0.149. The Morgan fingerprint density at radius 3 is 3.21 bits per heavy atom. The van der Waals surface area contributed by atoms with Gasteiger partial charge in [-0.15, -0.1) is 0 Å². The van der Waals surface area contributed by atoms with Crippen molar-refractivity contribution in [2.45, 2.75) is 37.5 Å². The molecular formula is C14H19NO3S.